The lowest BCUT2D eigenvalue weighted by Gasteiger charge is -2.05. The van der Waals surface area contributed by atoms with Crippen LogP contribution in [0.1, 0.15) is 15.9 Å². The zero-order chi connectivity index (χ0) is 18.8. The predicted molar refractivity (Wildman–Crippen MR) is 106 cm³/mol. The zero-order valence-electron chi connectivity index (χ0n) is 14.5. The molecule has 7 heteroatoms. The fourth-order valence-corrected chi connectivity index (χ4v) is 3.43. The Labute approximate surface area is 159 Å². The first-order valence-corrected chi connectivity index (χ1v) is 9.36. The first-order valence-electron chi connectivity index (χ1n) is 8.38. The van der Waals surface area contributed by atoms with Crippen LogP contribution < -0.4 is 5.56 Å². The molecule has 0 spiro atoms. The van der Waals surface area contributed by atoms with Crippen molar-refractivity contribution in [2.24, 2.45) is 0 Å². The molecule has 4 rings (SSSR count). The van der Waals surface area contributed by atoms with Crippen molar-refractivity contribution in [2.75, 3.05) is 5.75 Å². The minimum atomic E-state index is -0.270. The van der Waals surface area contributed by atoms with Crippen molar-refractivity contribution in [3.05, 3.63) is 82.3 Å². The minimum absolute atomic E-state index is 0.0182. The molecule has 0 aliphatic rings. The molecular formula is C20H16N4O2S. The van der Waals surface area contributed by atoms with E-state index in [4.69, 9.17) is 0 Å². The lowest BCUT2D eigenvalue weighted by atomic mass is 10.2. The van der Waals surface area contributed by atoms with Crippen molar-refractivity contribution in [3.8, 4) is 5.69 Å². The normalized spacial score (nSPS) is 11.0. The summed E-state index contributed by atoms with van der Waals surface area (Å²) in [6.45, 7) is 2.01. The summed E-state index contributed by atoms with van der Waals surface area (Å²) in [5, 5.41) is 5.10. The van der Waals surface area contributed by atoms with Crippen LogP contribution in [0.2, 0.25) is 0 Å². The van der Waals surface area contributed by atoms with Gasteiger partial charge in [0, 0.05) is 5.56 Å². The summed E-state index contributed by atoms with van der Waals surface area (Å²) in [5.74, 6) is 0.173. The second-order valence-electron chi connectivity index (χ2n) is 6.08. The molecule has 0 aliphatic carbocycles. The van der Waals surface area contributed by atoms with Crippen molar-refractivity contribution >= 4 is 28.6 Å². The van der Waals surface area contributed by atoms with Crippen molar-refractivity contribution in [1.29, 1.82) is 0 Å². The molecule has 0 bridgehead atoms. The molecule has 2 aromatic heterocycles. The standard InChI is InChI=1S/C20H16N4O2S/c1-13-7-9-15(10-8-13)24-18-16(11-21-24)19(26)23-20(22-18)27-12-17(25)14-5-3-2-4-6-14/h2-11H,12H2,1H3,(H,22,23,26). The maximum absolute atomic E-state index is 12.4. The van der Waals surface area contributed by atoms with E-state index < -0.39 is 0 Å². The van der Waals surface area contributed by atoms with Crippen molar-refractivity contribution in [2.45, 2.75) is 12.1 Å². The van der Waals surface area contributed by atoms with Crippen LogP contribution in [0.5, 0.6) is 0 Å². The van der Waals surface area contributed by atoms with Gasteiger partial charge in [-0.05, 0) is 19.1 Å². The van der Waals surface area contributed by atoms with E-state index >= 15 is 0 Å². The quantitative estimate of drug-likeness (QED) is 0.328. The highest BCUT2D eigenvalue weighted by molar-refractivity contribution is 7.99. The van der Waals surface area contributed by atoms with Gasteiger partial charge in [-0.1, -0.05) is 59.8 Å². The molecule has 0 aliphatic heterocycles. The maximum atomic E-state index is 12.4. The summed E-state index contributed by atoms with van der Waals surface area (Å²) in [6.07, 6.45) is 1.50. The van der Waals surface area contributed by atoms with E-state index in [0.29, 0.717) is 21.8 Å². The average molecular weight is 376 g/mol. The molecule has 1 N–H and O–H groups in total. The Bertz CT molecular complexity index is 1160. The van der Waals surface area contributed by atoms with Gasteiger partial charge in [-0.25, -0.2) is 9.67 Å². The molecule has 0 unspecified atom stereocenters. The number of Topliss-reactive ketones (excluding diaryl/α,β-unsaturated/α-hetero) is 1. The van der Waals surface area contributed by atoms with E-state index in [2.05, 4.69) is 15.1 Å². The number of carbonyl (C=O) groups excluding carboxylic acids is 1. The molecule has 0 amide bonds. The van der Waals surface area contributed by atoms with Crippen molar-refractivity contribution in [3.63, 3.8) is 0 Å². The smallest absolute Gasteiger partial charge is 0.262 e. The topological polar surface area (TPSA) is 80.6 Å². The Morgan fingerprint density at radius 2 is 1.85 bits per heavy atom. The summed E-state index contributed by atoms with van der Waals surface area (Å²) in [7, 11) is 0. The SMILES string of the molecule is Cc1ccc(-n2ncc3c(=O)[nH]c(SCC(=O)c4ccccc4)nc32)cc1. The third-order valence-corrected chi connectivity index (χ3v) is 5.00. The van der Waals surface area contributed by atoms with Gasteiger partial charge in [-0.3, -0.25) is 9.59 Å². The fraction of sp³-hybridized carbons (Fsp3) is 0.100. The number of ketones is 1. The molecular weight excluding hydrogens is 360 g/mol. The summed E-state index contributed by atoms with van der Waals surface area (Å²) in [5.41, 5.74) is 2.80. The number of nitrogens with one attached hydrogen (secondary N) is 1. The fourth-order valence-electron chi connectivity index (χ4n) is 2.68. The molecule has 2 aromatic carbocycles. The Balaban J connectivity index is 1.64. The number of hydrogen-bond acceptors (Lipinski definition) is 5. The largest absolute Gasteiger partial charge is 0.301 e. The van der Waals surface area contributed by atoms with Crippen LogP contribution in [-0.4, -0.2) is 31.3 Å². The second kappa shape index (κ2) is 7.20. The van der Waals surface area contributed by atoms with Crippen LogP contribution in [0.15, 0.2) is 70.7 Å². The van der Waals surface area contributed by atoms with Crippen molar-refractivity contribution in [1.82, 2.24) is 19.7 Å². The number of aryl methyl sites for hydroxylation is 1. The highest BCUT2D eigenvalue weighted by Gasteiger charge is 2.13. The van der Waals surface area contributed by atoms with E-state index in [9.17, 15) is 9.59 Å². The van der Waals surface area contributed by atoms with Gasteiger partial charge in [0.15, 0.2) is 16.6 Å². The molecule has 0 fully saturated rings. The predicted octanol–water partition coefficient (Wildman–Crippen LogP) is 3.39. The maximum Gasteiger partial charge on any atom is 0.262 e. The minimum Gasteiger partial charge on any atom is -0.301 e. The van der Waals surface area contributed by atoms with Crippen LogP contribution in [0.3, 0.4) is 0 Å². The van der Waals surface area contributed by atoms with E-state index in [-0.39, 0.29) is 17.1 Å². The van der Waals surface area contributed by atoms with E-state index in [1.165, 1.54) is 18.0 Å². The molecule has 134 valence electrons. The van der Waals surface area contributed by atoms with Gasteiger partial charge in [0.05, 0.1) is 17.6 Å². The van der Waals surface area contributed by atoms with Gasteiger partial charge in [-0.15, -0.1) is 0 Å². The number of H-pyrrole nitrogens is 1. The number of nitrogens with zero attached hydrogens (tertiary/aromatic N) is 3. The summed E-state index contributed by atoms with van der Waals surface area (Å²) in [4.78, 5) is 31.9. The first kappa shape index (κ1) is 17.2. The Morgan fingerprint density at radius 1 is 1.11 bits per heavy atom. The second-order valence-corrected chi connectivity index (χ2v) is 7.04. The van der Waals surface area contributed by atoms with Gasteiger partial charge in [-0.2, -0.15) is 5.10 Å². The summed E-state index contributed by atoms with van der Waals surface area (Å²) < 4.78 is 1.63. The number of aromatic amines is 1. The van der Waals surface area contributed by atoms with Crippen LogP contribution in [0.25, 0.3) is 16.7 Å². The number of fused-ring (bicyclic) bond motifs is 1. The Morgan fingerprint density at radius 3 is 2.59 bits per heavy atom. The Hall–Kier alpha value is -3.19. The van der Waals surface area contributed by atoms with Crippen LogP contribution in [0, 0.1) is 6.92 Å². The average Bonchev–Trinajstić information content (AvgIpc) is 3.12. The lowest BCUT2D eigenvalue weighted by molar-refractivity contribution is 0.102. The van der Waals surface area contributed by atoms with Crippen molar-refractivity contribution < 1.29 is 4.79 Å². The lowest BCUT2D eigenvalue weighted by Crippen LogP contribution is -2.11. The molecule has 2 heterocycles. The summed E-state index contributed by atoms with van der Waals surface area (Å²) >= 11 is 1.20. The molecule has 0 saturated heterocycles. The molecule has 4 aromatic rings. The number of carbonyl (C=O) groups is 1. The molecule has 0 saturated carbocycles. The zero-order valence-corrected chi connectivity index (χ0v) is 15.4. The molecule has 6 nitrogen and oxygen atoms in total. The Kier molecular flexibility index (Phi) is 4.60. The molecule has 0 atom stereocenters. The van der Waals surface area contributed by atoms with Gasteiger partial charge < -0.3 is 4.98 Å². The highest BCUT2D eigenvalue weighted by atomic mass is 32.2. The summed E-state index contributed by atoms with van der Waals surface area (Å²) in [6, 6.07) is 16.9. The van der Waals surface area contributed by atoms with Gasteiger partial charge in [0.2, 0.25) is 0 Å². The van der Waals surface area contributed by atoms with E-state index in [0.717, 1.165) is 11.3 Å². The number of hydrogen-bond donors (Lipinski definition) is 1. The van der Waals surface area contributed by atoms with Crippen LogP contribution >= 0.6 is 11.8 Å². The molecule has 0 radical (unpaired) electrons. The van der Waals surface area contributed by atoms with E-state index in [1.807, 2.05) is 49.4 Å². The van der Waals surface area contributed by atoms with Crippen LogP contribution in [-0.2, 0) is 0 Å². The number of rotatable bonds is 5. The van der Waals surface area contributed by atoms with Gasteiger partial charge >= 0.3 is 0 Å². The number of aromatic nitrogens is 4. The third kappa shape index (κ3) is 3.54. The van der Waals surface area contributed by atoms with Gasteiger partial charge in [0.1, 0.15) is 5.39 Å². The number of benzene rings is 2. The third-order valence-electron chi connectivity index (χ3n) is 4.13. The monoisotopic (exact) mass is 376 g/mol. The van der Waals surface area contributed by atoms with Crippen LogP contribution in [0.4, 0.5) is 0 Å². The van der Waals surface area contributed by atoms with E-state index in [1.54, 1.807) is 16.8 Å². The first-order chi connectivity index (χ1) is 13.1. The molecule has 27 heavy (non-hydrogen) atoms. The number of thioether (sulfide) groups is 1. The highest BCUT2D eigenvalue weighted by Crippen LogP contribution is 2.19. The van der Waals surface area contributed by atoms with Gasteiger partial charge in [0.25, 0.3) is 5.56 Å².